The van der Waals surface area contributed by atoms with Crippen LogP contribution in [0.15, 0.2) is 210 Å². The molecule has 3 nitrogen and oxygen atoms in total. The highest BCUT2D eigenvalue weighted by atomic mass is 16.3. The van der Waals surface area contributed by atoms with Gasteiger partial charge in [0.1, 0.15) is 11.2 Å². The van der Waals surface area contributed by atoms with Crippen molar-refractivity contribution in [2.24, 2.45) is 0 Å². The summed E-state index contributed by atoms with van der Waals surface area (Å²) in [7, 11) is 0. The number of hydrogen-bond acceptors (Lipinski definition) is 2. The molecule has 0 spiro atoms. The van der Waals surface area contributed by atoms with Crippen LogP contribution in [0.2, 0.25) is 0 Å². The van der Waals surface area contributed by atoms with Gasteiger partial charge >= 0.3 is 0 Å². The highest BCUT2D eigenvalue weighted by Crippen LogP contribution is 2.46. The van der Waals surface area contributed by atoms with Crippen molar-refractivity contribution in [3.63, 3.8) is 0 Å². The molecule has 0 unspecified atom stereocenters. The van der Waals surface area contributed by atoms with Crippen molar-refractivity contribution in [1.82, 2.24) is 4.57 Å². The molecule has 0 aliphatic rings. The Morgan fingerprint density at radius 3 is 1.78 bits per heavy atom. The SMILES string of the molecule is [2H]c1c([2H])c(N(c2ccccc2-c2cccc3ccc4c5ccccc5oc4c23)c2c([2H])c([2H])c(-n3c4ccccc4c4ccccc43)c([2H])c2[2H])c([2H])c([2H])c1-c1ccccc1. The summed E-state index contributed by atoms with van der Waals surface area (Å²) < 4.78 is 85.5. The zero-order valence-corrected chi connectivity index (χ0v) is 29.3. The summed E-state index contributed by atoms with van der Waals surface area (Å²) in [6.07, 6.45) is 0. The summed E-state index contributed by atoms with van der Waals surface area (Å²) >= 11 is 0. The molecule has 0 saturated carbocycles. The summed E-state index contributed by atoms with van der Waals surface area (Å²) in [6, 6.07) is 46.1. The zero-order valence-electron chi connectivity index (χ0n) is 37.3. The van der Waals surface area contributed by atoms with Gasteiger partial charge in [-0.2, -0.15) is 0 Å². The van der Waals surface area contributed by atoms with Gasteiger partial charge in [-0.1, -0.05) is 139 Å². The zero-order chi connectivity index (χ0) is 43.3. The van der Waals surface area contributed by atoms with Crippen LogP contribution in [0, 0.1) is 0 Å². The van der Waals surface area contributed by atoms with Crippen molar-refractivity contribution in [3.05, 3.63) is 206 Å². The number of rotatable bonds is 6. The topological polar surface area (TPSA) is 21.3 Å². The summed E-state index contributed by atoms with van der Waals surface area (Å²) in [5, 5.41) is 5.32. The van der Waals surface area contributed by atoms with Crippen molar-refractivity contribution in [2.45, 2.75) is 0 Å². The molecule has 55 heavy (non-hydrogen) atoms. The predicted molar refractivity (Wildman–Crippen MR) is 231 cm³/mol. The highest BCUT2D eigenvalue weighted by molar-refractivity contribution is 6.19. The first-order valence-electron chi connectivity index (χ1n) is 22.1. The average molecular weight is 711 g/mol. The van der Waals surface area contributed by atoms with Gasteiger partial charge in [-0.15, -0.1) is 0 Å². The first-order valence-corrected chi connectivity index (χ1v) is 18.1. The summed E-state index contributed by atoms with van der Waals surface area (Å²) in [5.74, 6) is 0. The molecule has 0 fully saturated rings. The second-order valence-electron chi connectivity index (χ2n) is 13.5. The second kappa shape index (κ2) is 12.6. The smallest absolute Gasteiger partial charge is 0.143 e. The Hall–Kier alpha value is -7.36. The summed E-state index contributed by atoms with van der Waals surface area (Å²) in [4.78, 5) is 1.39. The van der Waals surface area contributed by atoms with Crippen LogP contribution in [0.5, 0.6) is 0 Å². The lowest BCUT2D eigenvalue weighted by Crippen LogP contribution is -2.11. The van der Waals surface area contributed by atoms with Gasteiger partial charge in [0.05, 0.1) is 27.7 Å². The maximum atomic E-state index is 9.85. The van der Waals surface area contributed by atoms with Crippen LogP contribution >= 0.6 is 0 Å². The third-order valence-corrected chi connectivity index (χ3v) is 10.3. The first-order chi connectivity index (χ1) is 30.7. The van der Waals surface area contributed by atoms with Gasteiger partial charge in [0.15, 0.2) is 0 Å². The molecule has 0 bridgehead atoms. The number of nitrogens with zero attached hydrogens (tertiary/aromatic N) is 2. The maximum Gasteiger partial charge on any atom is 0.143 e. The van der Waals surface area contributed by atoms with Gasteiger partial charge in [0.25, 0.3) is 0 Å². The van der Waals surface area contributed by atoms with Crippen LogP contribution in [-0.2, 0) is 0 Å². The standard InChI is InChI=1S/C52H34N2O/c1-2-13-35(14-3-1)36-25-28-38(29-26-36)53(39-30-32-40(33-31-39)54-48-22-9-4-16-41(48)42-17-5-10-23-49(42)54)47-21-8-6-18-43(47)45-20-12-15-37-27-34-46-44-19-7-11-24-50(44)55-52(46)51(37)45/h1-34H/i25D,26D,28D,29D,30D,31D,32D,33D. The van der Waals surface area contributed by atoms with Crippen molar-refractivity contribution in [1.29, 1.82) is 0 Å². The van der Waals surface area contributed by atoms with Gasteiger partial charge in [-0.3, -0.25) is 0 Å². The van der Waals surface area contributed by atoms with Crippen LogP contribution in [0.25, 0.3) is 82.5 Å². The minimum Gasteiger partial charge on any atom is -0.455 e. The van der Waals surface area contributed by atoms with E-state index >= 15 is 0 Å². The predicted octanol–water partition coefficient (Wildman–Crippen LogP) is 14.6. The first kappa shape index (κ1) is 24.1. The number of benzene rings is 9. The van der Waals surface area contributed by atoms with Crippen molar-refractivity contribution in [3.8, 4) is 27.9 Å². The maximum absolute atomic E-state index is 9.85. The molecule has 11 aromatic rings. The molecule has 9 aromatic carbocycles. The van der Waals surface area contributed by atoms with E-state index in [4.69, 9.17) is 4.42 Å². The number of hydrogen-bond donors (Lipinski definition) is 0. The van der Waals surface area contributed by atoms with Gasteiger partial charge in [0, 0.05) is 49.6 Å². The van der Waals surface area contributed by atoms with Gasteiger partial charge in [-0.05, 0) is 88.7 Å². The third kappa shape index (κ3) is 5.05. The molecule has 258 valence electrons. The van der Waals surface area contributed by atoms with Crippen molar-refractivity contribution in [2.75, 3.05) is 4.90 Å². The lowest BCUT2D eigenvalue weighted by Gasteiger charge is -2.28. The minimum atomic E-state index is -0.427. The summed E-state index contributed by atoms with van der Waals surface area (Å²) in [5.41, 5.74) is 4.58. The Morgan fingerprint density at radius 2 is 1.04 bits per heavy atom. The van der Waals surface area contributed by atoms with E-state index in [9.17, 15) is 11.0 Å². The van der Waals surface area contributed by atoms with Crippen molar-refractivity contribution >= 4 is 71.6 Å². The lowest BCUT2D eigenvalue weighted by atomic mass is 9.94. The molecule has 2 aromatic heterocycles. The number of para-hydroxylation sites is 4. The van der Waals surface area contributed by atoms with E-state index < -0.39 is 24.2 Å². The van der Waals surface area contributed by atoms with Gasteiger partial charge in [-0.25, -0.2) is 0 Å². The lowest BCUT2D eigenvalue weighted by molar-refractivity contribution is 0.673. The number of aromatic nitrogens is 1. The molecule has 0 aliphatic carbocycles. The fourth-order valence-corrected chi connectivity index (χ4v) is 7.88. The Kier molecular flexibility index (Phi) is 5.53. The largest absolute Gasteiger partial charge is 0.455 e. The number of furan rings is 1. The molecule has 0 radical (unpaired) electrons. The van der Waals surface area contributed by atoms with Crippen molar-refractivity contribution < 1.29 is 15.4 Å². The van der Waals surface area contributed by atoms with Crippen LogP contribution in [-0.4, -0.2) is 4.57 Å². The molecule has 0 saturated heterocycles. The molecule has 3 heteroatoms. The van der Waals surface area contributed by atoms with E-state index in [0.29, 0.717) is 39.0 Å². The van der Waals surface area contributed by atoms with E-state index in [1.807, 2.05) is 121 Å². The highest BCUT2D eigenvalue weighted by Gasteiger charge is 2.21. The molecule has 11 rings (SSSR count). The monoisotopic (exact) mass is 710 g/mol. The quantitative estimate of drug-likeness (QED) is 0.171. The average Bonchev–Trinajstić information content (AvgIpc) is 3.86. The van der Waals surface area contributed by atoms with Crippen LogP contribution < -0.4 is 4.90 Å². The van der Waals surface area contributed by atoms with Gasteiger partial charge < -0.3 is 13.9 Å². The molecule has 0 atom stereocenters. The van der Waals surface area contributed by atoms with Crippen LogP contribution in [0.1, 0.15) is 11.0 Å². The Labute approximate surface area is 329 Å². The fourth-order valence-electron chi connectivity index (χ4n) is 7.88. The van der Waals surface area contributed by atoms with E-state index in [0.717, 1.165) is 37.9 Å². The second-order valence-corrected chi connectivity index (χ2v) is 13.5. The normalized spacial score (nSPS) is 13.7. The molecular formula is C52H34N2O. The van der Waals surface area contributed by atoms with E-state index in [-0.39, 0.29) is 46.8 Å². The molecular weight excluding hydrogens is 669 g/mol. The molecule has 0 N–H and O–H groups in total. The van der Waals surface area contributed by atoms with Crippen LogP contribution in [0.4, 0.5) is 17.1 Å². The van der Waals surface area contributed by atoms with E-state index in [2.05, 4.69) is 0 Å². The third-order valence-electron chi connectivity index (χ3n) is 10.3. The van der Waals surface area contributed by atoms with E-state index in [1.165, 1.54) is 4.90 Å². The Morgan fingerprint density at radius 1 is 0.436 bits per heavy atom. The molecule has 0 amide bonds. The Bertz CT molecular complexity index is 3580. The summed E-state index contributed by atoms with van der Waals surface area (Å²) in [6.45, 7) is 0. The minimum absolute atomic E-state index is 0.0414. The molecule has 2 heterocycles. The number of anilines is 3. The fraction of sp³-hybridized carbons (Fsp3) is 0. The Balaban J connectivity index is 1.24. The van der Waals surface area contributed by atoms with Gasteiger partial charge in [0.2, 0.25) is 0 Å². The van der Waals surface area contributed by atoms with Crippen LogP contribution in [0.3, 0.4) is 0 Å². The molecule has 0 aliphatic heterocycles. The number of fused-ring (bicyclic) bond motifs is 8. The van der Waals surface area contributed by atoms with E-state index in [1.54, 1.807) is 41.0 Å².